The Balaban J connectivity index is 2.38. The van der Waals surface area contributed by atoms with Crippen LogP contribution in [0.15, 0.2) is 28.5 Å². The molecule has 0 unspecified atom stereocenters. The minimum Gasteiger partial charge on any atom is -0.497 e. The van der Waals surface area contributed by atoms with Crippen LogP contribution in [0.3, 0.4) is 0 Å². The van der Waals surface area contributed by atoms with Crippen molar-refractivity contribution in [3.05, 3.63) is 29.6 Å². The van der Waals surface area contributed by atoms with Gasteiger partial charge in [-0.3, -0.25) is 0 Å². The highest BCUT2D eigenvalue weighted by Gasteiger charge is 2.19. The highest BCUT2D eigenvalue weighted by molar-refractivity contribution is 7.98. The molecule has 0 radical (unpaired) electrons. The summed E-state index contributed by atoms with van der Waals surface area (Å²) in [5.41, 5.74) is 0.615. The number of alkyl halides is 2. The third-order valence-corrected chi connectivity index (χ3v) is 3.39. The van der Waals surface area contributed by atoms with Crippen LogP contribution < -0.4 is 9.47 Å². The average Bonchev–Trinajstić information content (AvgIpc) is 2.95. The van der Waals surface area contributed by atoms with E-state index in [0.29, 0.717) is 17.1 Å². The lowest BCUT2D eigenvalue weighted by molar-refractivity contribution is 0.135. The van der Waals surface area contributed by atoms with E-state index in [9.17, 15) is 8.78 Å². The number of hydrogen-bond acceptors (Lipinski definition) is 6. The van der Waals surface area contributed by atoms with Gasteiger partial charge in [0.15, 0.2) is 0 Å². The van der Waals surface area contributed by atoms with E-state index in [1.807, 2.05) is 0 Å². The molecular formula is C13H14F2N4O2S. The summed E-state index contributed by atoms with van der Waals surface area (Å²) in [5.74, 6) is 0.630. The van der Waals surface area contributed by atoms with E-state index in [-0.39, 0.29) is 5.16 Å². The van der Waals surface area contributed by atoms with Crippen LogP contribution >= 0.6 is 11.8 Å². The Hall–Kier alpha value is -2.16. The molecule has 0 atom stereocenters. The molecule has 0 spiro atoms. The number of thioether (sulfide) groups is 1. The molecule has 1 aromatic carbocycles. The molecule has 0 saturated heterocycles. The summed E-state index contributed by atoms with van der Waals surface area (Å²) >= 11 is 1.18. The molecule has 0 aliphatic heterocycles. The first-order chi connectivity index (χ1) is 10.6. The van der Waals surface area contributed by atoms with Crippen molar-refractivity contribution in [1.82, 2.24) is 14.9 Å². The Labute approximate surface area is 130 Å². The Morgan fingerprint density at radius 2 is 2.05 bits per heavy atom. The largest absolute Gasteiger partial charge is 0.497 e. The molecule has 0 aliphatic rings. The van der Waals surface area contributed by atoms with Crippen molar-refractivity contribution < 1.29 is 18.3 Å². The summed E-state index contributed by atoms with van der Waals surface area (Å²) < 4.78 is 37.1. The van der Waals surface area contributed by atoms with E-state index in [4.69, 9.17) is 9.47 Å². The molecule has 2 aromatic rings. The van der Waals surface area contributed by atoms with Gasteiger partial charge in [0.05, 0.1) is 20.4 Å². The van der Waals surface area contributed by atoms with Gasteiger partial charge in [0.1, 0.15) is 11.5 Å². The van der Waals surface area contributed by atoms with Crippen LogP contribution in [0, 0.1) is 0 Å². The van der Waals surface area contributed by atoms with Gasteiger partial charge in [-0.05, 0) is 18.4 Å². The fraction of sp³-hybridized carbons (Fsp3) is 0.308. The third kappa shape index (κ3) is 3.35. The predicted molar refractivity (Wildman–Crippen MR) is 79.3 cm³/mol. The maximum Gasteiger partial charge on any atom is 0.299 e. The first-order valence-electron chi connectivity index (χ1n) is 6.14. The van der Waals surface area contributed by atoms with Crippen LogP contribution in [0.2, 0.25) is 0 Å². The van der Waals surface area contributed by atoms with E-state index in [0.717, 1.165) is 4.68 Å². The van der Waals surface area contributed by atoms with Crippen LogP contribution in [0.1, 0.15) is 17.8 Å². The lowest BCUT2D eigenvalue weighted by atomic mass is 10.2. The van der Waals surface area contributed by atoms with Gasteiger partial charge < -0.3 is 9.47 Å². The van der Waals surface area contributed by atoms with Crippen LogP contribution in [0.5, 0.6) is 11.5 Å². The van der Waals surface area contributed by atoms with Crippen molar-refractivity contribution >= 4 is 18.0 Å². The van der Waals surface area contributed by atoms with Crippen molar-refractivity contribution in [3.8, 4) is 11.5 Å². The average molecular weight is 328 g/mol. The fourth-order valence-electron chi connectivity index (χ4n) is 1.69. The molecule has 2 rings (SSSR count). The number of halogens is 2. The van der Waals surface area contributed by atoms with Gasteiger partial charge in [-0.1, -0.05) is 11.8 Å². The molecule has 0 N–H and O–H groups in total. The van der Waals surface area contributed by atoms with Gasteiger partial charge in [-0.2, -0.15) is 9.78 Å². The normalized spacial score (nSPS) is 11.4. The van der Waals surface area contributed by atoms with Gasteiger partial charge in [-0.15, -0.1) is 10.2 Å². The van der Waals surface area contributed by atoms with E-state index >= 15 is 0 Å². The monoisotopic (exact) mass is 328 g/mol. The summed E-state index contributed by atoms with van der Waals surface area (Å²) in [6.07, 6.45) is 0.357. The molecule has 0 fully saturated rings. The topological polar surface area (TPSA) is 61.5 Å². The van der Waals surface area contributed by atoms with E-state index < -0.39 is 12.2 Å². The fourth-order valence-corrected chi connectivity index (χ4v) is 2.13. The number of benzene rings is 1. The Bertz CT molecular complexity index is 676. The standard InChI is InChI=1S/C13H14F2N4O2S/c1-20-9-5-4-8(10(6-9)21-2)7-16-19-12(11(14)15)17-18-13(19)22-3/h4-7,11H,1-3H3. The van der Waals surface area contributed by atoms with Crippen molar-refractivity contribution in [2.75, 3.05) is 20.5 Å². The van der Waals surface area contributed by atoms with Gasteiger partial charge in [0.25, 0.3) is 6.43 Å². The van der Waals surface area contributed by atoms with E-state index in [1.54, 1.807) is 31.6 Å². The minimum absolute atomic E-state index is 0.277. The highest BCUT2D eigenvalue weighted by atomic mass is 32.2. The summed E-state index contributed by atoms with van der Waals surface area (Å²) in [6, 6.07) is 5.11. The molecule has 0 aliphatic carbocycles. The molecular weight excluding hydrogens is 314 g/mol. The van der Waals surface area contributed by atoms with Gasteiger partial charge in [-0.25, -0.2) is 8.78 Å². The molecule has 9 heteroatoms. The number of aromatic nitrogens is 3. The van der Waals surface area contributed by atoms with Crippen molar-refractivity contribution in [1.29, 1.82) is 0 Å². The SMILES string of the molecule is COc1ccc(C=Nn2c(SC)nnc2C(F)F)c(OC)c1. The second kappa shape index (κ2) is 7.21. The number of methoxy groups -OCH3 is 2. The lowest BCUT2D eigenvalue weighted by Gasteiger charge is -2.07. The Kier molecular flexibility index (Phi) is 5.31. The molecule has 0 bridgehead atoms. The quantitative estimate of drug-likeness (QED) is 0.603. The van der Waals surface area contributed by atoms with Crippen LogP contribution in [0.25, 0.3) is 0 Å². The first kappa shape index (κ1) is 16.2. The summed E-state index contributed by atoms with van der Waals surface area (Å²) in [6.45, 7) is 0. The minimum atomic E-state index is -2.76. The van der Waals surface area contributed by atoms with E-state index in [1.165, 1.54) is 25.1 Å². The third-order valence-electron chi connectivity index (χ3n) is 2.77. The zero-order chi connectivity index (χ0) is 16.1. The second-order valence-corrected chi connectivity index (χ2v) is 4.78. The molecule has 22 heavy (non-hydrogen) atoms. The number of hydrogen-bond donors (Lipinski definition) is 0. The number of rotatable bonds is 6. The number of ether oxygens (including phenoxy) is 2. The molecule has 1 heterocycles. The summed E-state index contributed by atoms with van der Waals surface area (Å²) in [7, 11) is 3.04. The first-order valence-corrected chi connectivity index (χ1v) is 7.37. The van der Waals surface area contributed by atoms with Crippen LogP contribution in [-0.2, 0) is 0 Å². The van der Waals surface area contributed by atoms with Crippen molar-refractivity contribution in [2.24, 2.45) is 5.10 Å². The molecule has 1 aromatic heterocycles. The van der Waals surface area contributed by atoms with E-state index in [2.05, 4.69) is 15.3 Å². The molecule has 0 saturated carbocycles. The van der Waals surface area contributed by atoms with Crippen LogP contribution in [-0.4, -0.2) is 41.6 Å². The predicted octanol–water partition coefficient (Wildman–Crippen LogP) is 2.84. The van der Waals surface area contributed by atoms with Crippen LogP contribution in [0.4, 0.5) is 8.78 Å². The highest BCUT2D eigenvalue weighted by Crippen LogP contribution is 2.24. The smallest absolute Gasteiger partial charge is 0.299 e. The number of nitrogens with zero attached hydrogens (tertiary/aromatic N) is 4. The molecule has 6 nitrogen and oxygen atoms in total. The maximum atomic E-state index is 12.9. The molecule has 0 amide bonds. The summed E-state index contributed by atoms with van der Waals surface area (Å²) in [4.78, 5) is 0. The van der Waals surface area contributed by atoms with Crippen molar-refractivity contribution in [2.45, 2.75) is 11.6 Å². The second-order valence-electron chi connectivity index (χ2n) is 4.01. The Morgan fingerprint density at radius 3 is 2.64 bits per heavy atom. The lowest BCUT2D eigenvalue weighted by Crippen LogP contribution is -2.01. The van der Waals surface area contributed by atoms with Gasteiger partial charge in [0.2, 0.25) is 11.0 Å². The zero-order valence-corrected chi connectivity index (χ0v) is 13.0. The van der Waals surface area contributed by atoms with Gasteiger partial charge in [0, 0.05) is 11.6 Å². The molecule has 118 valence electrons. The Morgan fingerprint density at radius 1 is 1.27 bits per heavy atom. The van der Waals surface area contributed by atoms with Crippen molar-refractivity contribution in [3.63, 3.8) is 0 Å². The van der Waals surface area contributed by atoms with Gasteiger partial charge >= 0.3 is 0 Å². The maximum absolute atomic E-state index is 12.9. The zero-order valence-electron chi connectivity index (χ0n) is 12.2. The summed E-state index contributed by atoms with van der Waals surface area (Å²) in [5, 5.41) is 11.4.